The Morgan fingerprint density at radius 1 is 1.06 bits per heavy atom. The Hall–Kier alpha value is -4.26. The van der Waals surface area contributed by atoms with E-state index in [0.29, 0.717) is 34.6 Å². The Bertz CT molecular complexity index is 1440. The first kappa shape index (κ1) is 20.6. The van der Waals surface area contributed by atoms with Crippen molar-refractivity contribution in [2.75, 3.05) is 7.05 Å². The smallest absolute Gasteiger partial charge is 0.259 e. The largest absolute Gasteiger partial charge is 0.337 e. The molecule has 0 bridgehead atoms. The molecule has 3 heterocycles. The van der Waals surface area contributed by atoms with Gasteiger partial charge in [-0.05, 0) is 32.0 Å². The highest BCUT2D eigenvalue weighted by atomic mass is 16.5. The van der Waals surface area contributed by atoms with Crippen molar-refractivity contribution in [2.45, 2.75) is 20.4 Å². The van der Waals surface area contributed by atoms with Gasteiger partial charge in [-0.25, -0.2) is 9.67 Å². The number of aryl methyl sites for hydroxylation is 2. The van der Waals surface area contributed by atoms with Crippen LogP contribution in [0.3, 0.4) is 0 Å². The van der Waals surface area contributed by atoms with Crippen LogP contribution in [0, 0.1) is 13.8 Å². The average Bonchev–Trinajstić information content (AvgIpc) is 3.46. The molecule has 0 atom stereocenters. The highest BCUT2D eigenvalue weighted by Gasteiger charge is 2.22. The van der Waals surface area contributed by atoms with Gasteiger partial charge in [-0.15, -0.1) is 0 Å². The van der Waals surface area contributed by atoms with Crippen LogP contribution >= 0.6 is 0 Å². The molecule has 33 heavy (non-hydrogen) atoms. The minimum absolute atomic E-state index is 0.130. The Morgan fingerprint density at radius 2 is 1.82 bits per heavy atom. The lowest BCUT2D eigenvalue weighted by molar-refractivity contribution is 0.0787. The van der Waals surface area contributed by atoms with Crippen LogP contribution in [0.2, 0.25) is 0 Å². The lowest BCUT2D eigenvalue weighted by Gasteiger charge is -2.17. The quantitative estimate of drug-likeness (QED) is 0.388. The number of hydrogen-bond donors (Lipinski definition) is 0. The number of rotatable bonds is 5. The van der Waals surface area contributed by atoms with Crippen LogP contribution in [0.25, 0.3) is 28.0 Å². The van der Waals surface area contributed by atoms with E-state index in [1.54, 1.807) is 22.8 Å². The average molecular weight is 438 g/mol. The fraction of sp³-hybridized carbons (Fsp3) is 0.154. The number of para-hydroxylation sites is 1. The monoisotopic (exact) mass is 437 g/mol. The van der Waals surface area contributed by atoms with E-state index in [1.165, 1.54) is 0 Å². The highest BCUT2D eigenvalue weighted by Crippen LogP contribution is 2.28. The summed E-state index contributed by atoms with van der Waals surface area (Å²) in [6.07, 6.45) is 3.71. The van der Waals surface area contributed by atoms with E-state index < -0.39 is 0 Å². The summed E-state index contributed by atoms with van der Waals surface area (Å²) in [6.45, 7) is 4.27. The van der Waals surface area contributed by atoms with E-state index >= 15 is 0 Å². The van der Waals surface area contributed by atoms with E-state index in [9.17, 15) is 4.79 Å². The van der Waals surface area contributed by atoms with Gasteiger partial charge in [0.25, 0.3) is 11.6 Å². The number of aromatic nitrogens is 4. The summed E-state index contributed by atoms with van der Waals surface area (Å²) in [5.74, 6) is -0.130. The first-order valence-electron chi connectivity index (χ1n) is 10.7. The van der Waals surface area contributed by atoms with Crippen molar-refractivity contribution in [1.82, 2.24) is 24.8 Å². The standard InChI is InChI=1S/C26H23N5O2/c1-17-9-11-20(12-10-17)23-13-22(24-18(2)29-33-25(24)28-23)26(32)30(3)15-19-14-27-31(16-19)21-7-5-4-6-8-21/h4-14,16H,15H2,1-3H3. The molecule has 0 radical (unpaired) electrons. The molecule has 0 aliphatic heterocycles. The molecule has 0 saturated heterocycles. The van der Waals surface area contributed by atoms with Crippen LogP contribution in [-0.4, -0.2) is 37.8 Å². The number of nitrogens with zero attached hydrogens (tertiary/aromatic N) is 5. The summed E-state index contributed by atoms with van der Waals surface area (Å²) in [4.78, 5) is 19.8. The Labute approximate surface area is 191 Å². The summed E-state index contributed by atoms with van der Waals surface area (Å²) in [7, 11) is 1.78. The number of hydrogen-bond acceptors (Lipinski definition) is 5. The van der Waals surface area contributed by atoms with Crippen LogP contribution in [0.15, 0.2) is 77.6 Å². The maximum absolute atomic E-state index is 13.5. The molecule has 2 aromatic carbocycles. The maximum Gasteiger partial charge on any atom is 0.259 e. The minimum Gasteiger partial charge on any atom is -0.337 e. The first-order chi connectivity index (χ1) is 16.0. The number of amides is 1. The third-order valence-electron chi connectivity index (χ3n) is 5.62. The Morgan fingerprint density at radius 3 is 2.58 bits per heavy atom. The van der Waals surface area contributed by atoms with Crippen molar-refractivity contribution >= 4 is 17.0 Å². The van der Waals surface area contributed by atoms with Gasteiger partial charge in [0.15, 0.2) is 0 Å². The van der Waals surface area contributed by atoms with Gasteiger partial charge in [0.1, 0.15) is 0 Å². The van der Waals surface area contributed by atoms with Crippen LogP contribution in [0.5, 0.6) is 0 Å². The Kier molecular flexibility index (Phi) is 5.22. The van der Waals surface area contributed by atoms with Crippen molar-refractivity contribution in [3.8, 4) is 16.9 Å². The maximum atomic E-state index is 13.5. The normalized spacial score (nSPS) is 11.1. The van der Waals surface area contributed by atoms with Crippen molar-refractivity contribution < 1.29 is 9.32 Å². The number of benzene rings is 2. The second kappa shape index (κ2) is 8.35. The van der Waals surface area contributed by atoms with Gasteiger partial charge in [0, 0.05) is 30.9 Å². The number of carbonyl (C=O) groups is 1. The van der Waals surface area contributed by atoms with Gasteiger partial charge in [-0.3, -0.25) is 4.79 Å². The van der Waals surface area contributed by atoms with Crippen LogP contribution in [0.4, 0.5) is 0 Å². The number of fused-ring (bicyclic) bond motifs is 1. The summed E-state index contributed by atoms with van der Waals surface area (Å²) >= 11 is 0. The second-order valence-corrected chi connectivity index (χ2v) is 8.16. The third kappa shape index (κ3) is 4.01. The molecular formula is C26H23N5O2. The van der Waals surface area contributed by atoms with E-state index in [2.05, 4.69) is 15.2 Å². The predicted octanol–water partition coefficient (Wildman–Crippen LogP) is 4.96. The molecule has 5 aromatic rings. The van der Waals surface area contributed by atoms with Gasteiger partial charge in [-0.2, -0.15) is 5.10 Å². The zero-order chi connectivity index (χ0) is 22.9. The van der Waals surface area contributed by atoms with Crippen LogP contribution in [0.1, 0.15) is 27.2 Å². The molecule has 0 spiro atoms. The SMILES string of the molecule is Cc1ccc(-c2cc(C(=O)N(C)Cc3cnn(-c4ccccc4)c3)c3c(C)noc3n2)cc1. The molecule has 0 aliphatic rings. The molecule has 164 valence electrons. The minimum atomic E-state index is -0.130. The summed E-state index contributed by atoms with van der Waals surface area (Å²) in [6, 6.07) is 19.7. The first-order valence-corrected chi connectivity index (χ1v) is 10.7. The lowest BCUT2D eigenvalue weighted by Crippen LogP contribution is -2.26. The lowest BCUT2D eigenvalue weighted by atomic mass is 10.0. The van der Waals surface area contributed by atoms with Crippen LogP contribution in [-0.2, 0) is 6.54 Å². The highest BCUT2D eigenvalue weighted by molar-refractivity contribution is 6.06. The third-order valence-corrected chi connectivity index (χ3v) is 5.62. The van der Waals surface area contributed by atoms with Crippen molar-refractivity contribution in [3.63, 3.8) is 0 Å². The molecule has 1 amide bonds. The second-order valence-electron chi connectivity index (χ2n) is 8.16. The predicted molar refractivity (Wildman–Crippen MR) is 126 cm³/mol. The molecule has 7 heteroatoms. The molecule has 5 rings (SSSR count). The zero-order valence-electron chi connectivity index (χ0n) is 18.7. The number of carbonyl (C=O) groups excluding carboxylic acids is 1. The molecule has 0 aliphatic carbocycles. The van der Waals surface area contributed by atoms with Gasteiger partial charge < -0.3 is 9.42 Å². The Balaban J connectivity index is 1.46. The van der Waals surface area contributed by atoms with Crippen LogP contribution < -0.4 is 0 Å². The van der Waals surface area contributed by atoms with Gasteiger partial charge >= 0.3 is 0 Å². The zero-order valence-corrected chi connectivity index (χ0v) is 18.7. The van der Waals surface area contributed by atoms with Crippen molar-refractivity contribution in [1.29, 1.82) is 0 Å². The fourth-order valence-corrected chi connectivity index (χ4v) is 3.85. The van der Waals surface area contributed by atoms with Gasteiger partial charge in [0.05, 0.1) is 34.2 Å². The van der Waals surface area contributed by atoms with Crippen molar-refractivity contribution in [3.05, 3.63) is 95.4 Å². The van der Waals surface area contributed by atoms with E-state index in [-0.39, 0.29) is 5.91 Å². The van der Waals surface area contributed by atoms with Gasteiger partial charge in [-0.1, -0.05) is 53.2 Å². The summed E-state index contributed by atoms with van der Waals surface area (Å²) in [5.41, 5.74) is 6.16. The van der Waals surface area contributed by atoms with Crippen molar-refractivity contribution in [2.24, 2.45) is 0 Å². The fourth-order valence-electron chi connectivity index (χ4n) is 3.85. The molecule has 0 fully saturated rings. The molecular weight excluding hydrogens is 414 g/mol. The topological polar surface area (TPSA) is 77.0 Å². The summed E-state index contributed by atoms with van der Waals surface area (Å²) in [5, 5.41) is 9.12. The molecule has 0 N–H and O–H groups in total. The molecule has 3 aromatic heterocycles. The van der Waals surface area contributed by atoms with Gasteiger partial charge in [0.2, 0.25) is 0 Å². The van der Waals surface area contributed by atoms with E-state index in [1.807, 2.05) is 80.7 Å². The molecule has 0 unspecified atom stereocenters. The molecule has 7 nitrogen and oxygen atoms in total. The molecule has 0 saturated carbocycles. The number of pyridine rings is 1. The summed E-state index contributed by atoms with van der Waals surface area (Å²) < 4.78 is 7.23. The van der Waals surface area contributed by atoms with E-state index in [0.717, 1.165) is 22.4 Å². The van der Waals surface area contributed by atoms with E-state index in [4.69, 9.17) is 4.52 Å².